The van der Waals surface area contributed by atoms with Crippen molar-refractivity contribution in [1.82, 2.24) is 45.1 Å². The number of aromatic amines is 2. The zero-order chi connectivity index (χ0) is 25.7. The molecule has 0 unspecified atom stereocenters. The number of aromatic nitrogens is 6. The minimum Gasteiger partial charge on any atom is -0.344 e. The fourth-order valence-corrected chi connectivity index (χ4v) is 4.10. The van der Waals surface area contributed by atoms with Gasteiger partial charge in [-0.15, -0.1) is 0 Å². The molecule has 13 nitrogen and oxygen atoms in total. The molecule has 3 heterocycles. The Kier molecular flexibility index (Phi) is 8.41. The summed E-state index contributed by atoms with van der Waals surface area (Å²) < 4.78 is 1.74. The zero-order valence-electron chi connectivity index (χ0n) is 21.0. The van der Waals surface area contributed by atoms with E-state index < -0.39 is 17.8 Å². The summed E-state index contributed by atoms with van der Waals surface area (Å²) in [5.41, 5.74) is -0.475. The quantitative estimate of drug-likeness (QED) is 0.541. The monoisotopic (exact) mass is 489 g/mol. The molecular formula is C22H35N9O4. The number of hydrogen-bond donors (Lipinski definition) is 3. The van der Waals surface area contributed by atoms with Crippen LogP contribution < -0.4 is 11.0 Å². The molecule has 1 aliphatic rings. The summed E-state index contributed by atoms with van der Waals surface area (Å²) >= 11 is 0. The molecule has 3 rings (SSSR count). The predicted molar refractivity (Wildman–Crippen MR) is 126 cm³/mol. The van der Waals surface area contributed by atoms with E-state index in [1.807, 2.05) is 0 Å². The first kappa shape index (κ1) is 26.1. The van der Waals surface area contributed by atoms with E-state index in [9.17, 15) is 19.2 Å². The molecule has 35 heavy (non-hydrogen) atoms. The summed E-state index contributed by atoms with van der Waals surface area (Å²) in [6, 6.07) is -1.05. The second-order valence-electron chi connectivity index (χ2n) is 9.40. The third-order valence-corrected chi connectivity index (χ3v) is 6.12. The Morgan fingerprint density at radius 2 is 1.91 bits per heavy atom. The molecule has 0 aromatic carbocycles. The summed E-state index contributed by atoms with van der Waals surface area (Å²) in [6.07, 6.45) is 1.20. The molecule has 0 saturated heterocycles. The topological polar surface area (TPSA) is 162 Å². The van der Waals surface area contributed by atoms with Gasteiger partial charge in [-0.2, -0.15) is 10.2 Å². The number of likely N-dealkylation sites (N-methyl/N-ethyl adjacent to an activating group) is 1. The number of carbonyl (C=O) groups excluding carboxylic acids is 3. The van der Waals surface area contributed by atoms with E-state index in [1.165, 1.54) is 4.90 Å². The number of H-pyrrole nitrogens is 2. The first-order valence-electron chi connectivity index (χ1n) is 11.9. The van der Waals surface area contributed by atoms with Gasteiger partial charge in [-0.25, -0.2) is 19.6 Å². The van der Waals surface area contributed by atoms with Gasteiger partial charge in [-0.3, -0.25) is 19.4 Å². The Morgan fingerprint density at radius 1 is 1.17 bits per heavy atom. The molecule has 13 heteroatoms. The maximum Gasteiger partial charge on any atom is 0.340 e. The summed E-state index contributed by atoms with van der Waals surface area (Å²) in [5.74, 6) is 1.06. The van der Waals surface area contributed by atoms with Crippen molar-refractivity contribution < 1.29 is 14.4 Å². The van der Waals surface area contributed by atoms with Crippen LogP contribution in [0.15, 0.2) is 4.79 Å². The van der Waals surface area contributed by atoms with Gasteiger partial charge in [0.25, 0.3) is 0 Å². The van der Waals surface area contributed by atoms with Crippen LogP contribution in [0.1, 0.15) is 63.5 Å². The molecule has 0 bridgehead atoms. The van der Waals surface area contributed by atoms with Gasteiger partial charge in [-0.1, -0.05) is 13.8 Å². The van der Waals surface area contributed by atoms with Gasteiger partial charge in [0, 0.05) is 26.6 Å². The van der Waals surface area contributed by atoms with E-state index in [0.717, 1.165) is 0 Å². The zero-order valence-corrected chi connectivity index (χ0v) is 21.0. The molecule has 0 fully saturated rings. The highest BCUT2D eigenvalue weighted by molar-refractivity contribution is 5.87. The van der Waals surface area contributed by atoms with Crippen LogP contribution in [-0.4, -0.2) is 83.6 Å². The van der Waals surface area contributed by atoms with Crippen LogP contribution in [0.3, 0.4) is 0 Å². The fraction of sp³-hybridized carbons (Fsp3) is 0.682. The van der Waals surface area contributed by atoms with Crippen LogP contribution >= 0.6 is 0 Å². The normalized spacial score (nSPS) is 20.5. The molecular weight excluding hydrogens is 454 g/mol. The second-order valence-corrected chi connectivity index (χ2v) is 9.40. The minimum absolute atomic E-state index is 0.0705. The summed E-state index contributed by atoms with van der Waals surface area (Å²) in [4.78, 5) is 60.3. The predicted octanol–water partition coefficient (Wildman–Crippen LogP) is -0.0867. The number of nitrogens with zero attached hydrogens (tertiary/aromatic N) is 6. The van der Waals surface area contributed by atoms with E-state index in [4.69, 9.17) is 0 Å². The first-order valence-corrected chi connectivity index (χ1v) is 11.9. The van der Waals surface area contributed by atoms with E-state index in [2.05, 4.69) is 44.4 Å². The van der Waals surface area contributed by atoms with Crippen molar-refractivity contribution in [2.45, 2.75) is 72.0 Å². The van der Waals surface area contributed by atoms with Gasteiger partial charge in [-0.05, 0) is 32.6 Å². The number of rotatable bonds is 4. The third-order valence-electron chi connectivity index (χ3n) is 6.12. The Hall–Kier alpha value is -3.51. The molecule has 0 radical (unpaired) electrons. The van der Waals surface area contributed by atoms with Crippen LogP contribution in [-0.2, 0) is 27.3 Å². The molecule has 2 aromatic rings. The second kappa shape index (κ2) is 11.3. The Morgan fingerprint density at radius 3 is 2.57 bits per heavy atom. The number of fused-ring (bicyclic) bond motifs is 1. The average molecular weight is 490 g/mol. The van der Waals surface area contributed by atoms with Crippen molar-refractivity contribution >= 4 is 17.7 Å². The van der Waals surface area contributed by atoms with E-state index in [0.29, 0.717) is 44.1 Å². The van der Waals surface area contributed by atoms with Crippen molar-refractivity contribution in [2.75, 3.05) is 20.1 Å². The largest absolute Gasteiger partial charge is 0.344 e. The van der Waals surface area contributed by atoms with Crippen LogP contribution in [0.5, 0.6) is 0 Å². The number of nitrogens with one attached hydrogen (secondary N) is 3. The maximum absolute atomic E-state index is 13.0. The Labute approximate surface area is 203 Å². The standard InChI is InChI=1S/C22H35N9O4/c1-13(2)11-16-20-23-15(4)28-31(20)10-9-30(19(33)12-17-25-22(35)27-26-17)8-6-7-18(32)29(5)14(3)21(34)24-16/h13-14,16H,6-12H2,1-5H3,(H,24,34)(H2,25,26,27,35)/t14-,16+/m0/s1. The average Bonchev–Trinajstić information content (AvgIpc) is 3.37. The van der Waals surface area contributed by atoms with Gasteiger partial charge in [0.1, 0.15) is 23.5 Å². The molecule has 0 spiro atoms. The van der Waals surface area contributed by atoms with E-state index in [-0.39, 0.29) is 42.3 Å². The molecule has 2 atom stereocenters. The smallest absolute Gasteiger partial charge is 0.340 e. The summed E-state index contributed by atoms with van der Waals surface area (Å²) in [6.45, 7) is 8.63. The lowest BCUT2D eigenvalue weighted by Crippen LogP contribution is -2.48. The highest BCUT2D eigenvalue weighted by atomic mass is 16.2. The number of aryl methyl sites for hydroxylation is 1. The van der Waals surface area contributed by atoms with E-state index in [1.54, 1.807) is 30.5 Å². The summed E-state index contributed by atoms with van der Waals surface area (Å²) in [5, 5.41) is 13.7. The third kappa shape index (κ3) is 6.76. The van der Waals surface area contributed by atoms with Crippen molar-refractivity contribution in [1.29, 1.82) is 0 Å². The van der Waals surface area contributed by atoms with Crippen LogP contribution in [0.25, 0.3) is 0 Å². The molecule has 0 aliphatic carbocycles. The lowest BCUT2D eigenvalue weighted by atomic mass is 10.0. The van der Waals surface area contributed by atoms with Crippen molar-refractivity contribution in [3.05, 3.63) is 28.0 Å². The van der Waals surface area contributed by atoms with Gasteiger partial charge < -0.3 is 15.1 Å². The maximum atomic E-state index is 13.0. The molecule has 3 amide bonds. The Bertz CT molecular complexity index is 1100. The number of carbonyl (C=O) groups is 3. The first-order chi connectivity index (χ1) is 16.5. The summed E-state index contributed by atoms with van der Waals surface area (Å²) in [7, 11) is 1.61. The lowest BCUT2D eigenvalue weighted by molar-refractivity contribution is -0.139. The van der Waals surface area contributed by atoms with Gasteiger partial charge in [0.2, 0.25) is 17.7 Å². The number of amides is 3. The minimum atomic E-state index is -0.660. The number of hydrogen-bond acceptors (Lipinski definition) is 7. The van der Waals surface area contributed by atoms with Crippen LogP contribution in [0.4, 0.5) is 0 Å². The van der Waals surface area contributed by atoms with Crippen LogP contribution in [0, 0.1) is 12.8 Å². The highest BCUT2D eigenvalue weighted by Gasteiger charge is 2.29. The SMILES string of the molecule is Cc1nc2n(n1)CCN(C(=O)Cc1n[nH]c(=O)[nH]1)CCCC(=O)N(C)[C@@H](C)C(=O)N[C@@H]2CC(C)C. The van der Waals surface area contributed by atoms with Crippen molar-refractivity contribution in [3.8, 4) is 0 Å². The van der Waals surface area contributed by atoms with Gasteiger partial charge in [0.05, 0.1) is 19.0 Å². The molecule has 1 aliphatic heterocycles. The van der Waals surface area contributed by atoms with E-state index >= 15 is 0 Å². The highest BCUT2D eigenvalue weighted by Crippen LogP contribution is 2.21. The van der Waals surface area contributed by atoms with Gasteiger partial charge >= 0.3 is 5.69 Å². The fourth-order valence-electron chi connectivity index (χ4n) is 4.10. The lowest BCUT2D eigenvalue weighted by Gasteiger charge is -2.29. The van der Waals surface area contributed by atoms with Crippen molar-refractivity contribution in [2.24, 2.45) is 5.92 Å². The molecule has 2 aromatic heterocycles. The molecule has 192 valence electrons. The van der Waals surface area contributed by atoms with Gasteiger partial charge in [0.15, 0.2) is 0 Å². The Balaban J connectivity index is 1.91. The van der Waals surface area contributed by atoms with Crippen LogP contribution in [0.2, 0.25) is 0 Å². The molecule has 3 N–H and O–H groups in total. The van der Waals surface area contributed by atoms with Crippen molar-refractivity contribution in [3.63, 3.8) is 0 Å². The molecule has 0 saturated carbocycles.